The van der Waals surface area contributed by atoms with Crippen LogP contribution in [-0.2, 0) is 29.0 Å². The smallest absolute Gasteiger partial charge is 0.226 e. The number of nitrogens with zero attached hydrogens (tertiary/aromatic N) is 3. The van der Waals surface area contributed by atoms with Crippen molar-refractivity contribution in [2.75, 3.05) is 11.9 Å². The number of anilines is 1. The van der Waals surface area contributed by atoms with Crippen LogP contribution < -0.4 is 5.32 Å². The van der Waals surface area contributed by atoms with Crippen molar-refractivity contribution >= 4 is 17.5 Å². The van der Waals surface area contributed by atoms with Gasteiger partial charge in [0.05, 0.1) is 12.5 Å². The molecule has 32 heavy (non-hydrogen) atoms. The number of aromatic nitrogens is 2. The molecule has 2 aromatic carbocycles. The zero-order chi connectivity index (χ0) is 22.1. The number of carbonyl (C=O) groups is 2. The molecule has 1 aromatic heterocycles. The number of aryl methyl sites for hydroxylation is 1. The Morgan fingerprint density at radius 1 is 1.03 bits per heavy atom. The van der Waals surface area contributed by atoms with Gasteiger partial charge in [-0.1, -0.05) is 24.3 Å². The van der Waals surface area contributed by atoms with E-state index >= 15 is 0 Å². The predicted octanol–water partition coefficient (Wildman–Crippen LogP) is 4.36. The highest BCUT2D eigenvalue weighted by molar-refractivity contribution is 5.92. The van der Waals surface area contributed by atoms with E-state index in [4.69, 9.17) is 0 Å². The van der Waals surface area contributed by atoms with E-state index in [1.165, 1.54) is 24.1 Å². The highest BCUT2D eigenvalue weighted by Crippen LogP contribution is 2.33. The summed E-state index contributed by atoms with van der Waals surface area (Å²) in [5, 5.41) is 3.01. The quantitative estimate of drug-likeness (QED) is 0.671. The Bertz CT molecular complexity index is 1150. The number of rotatable bonds is 4. The molecule has 0 aliphatic carbocycles. The van der Waals surface area contributed by atoms with Crippen molar-refractivity contribution in [1.29, 1.82) is 0 Å². The van der Waals surface area contributed by atoms with Crippen molar-refractivity contribution in [3.8, 4) is 11.4 Å². The number of amides is 2. The summed E-state index contributed by atoms with van der Waals surface area (Å²) < 4.78 is 2.30. The lowest BCUT2D eigenvalue weighted by atomic mass is 9.90. The van der Waals surface area contributed by atoms with Crippen molar-refractivity contribution in [3.05, 3.63) is 71.5 Å². The van der Waals surface area contributed by atoms with Gasteiger partial charge in [-0.15, -0.1) is 0 Å². The van der Waals surface area contributed by atoms with Crippen LogP contribution in [0, 0.1) is 0 Å². The Labute approximate surface area is 188 Å². The second-order valence-corrected chi connectivity index (χ2v) is 8.69. The number of hydrogen-bond donors (Lipinski definition) is 1. The van der Waals surface area contributed by atoms with Crippen LogP contribution in [0.15, 0.2) is 54.7 Å². The SMILES string of the molecule is CC(=O)N1CCc2ccccc2C1CC(=O)Nc1ccc(-c2ncc3n2CCCC3)cc1. The maximum atomic E-state index is 12.9. The molecule has 0 saturated carbocycles. The summed E-state index contributed by atoms with van der Waals surface area (Å²) in [7, 11) is 0. The zero-order valence-corrected chi connectivity index (χ0v) is 18.4. The third kappa shape index (κ3) is 3.93. The molecule has 0 spiro atoms. The van der Waals surface area contributed by atoms with Crippen molar-refractivity contribution in [3.63, 3.8) is 0 Å². The van der Waals surface area contributed by atoms with Crippen LogP contribution in [-0.4, -0.2) is 32.8 Å². The number of imidazole rings is 1. The normalized spacial score (nSPS) is 17.4. The van der Waals surface area contributed by atoms with E-state index in [0.29, 0.717) is 6.54 Å². The Morgan fingerprint density at radius 2 is 1.84 bits per heavy atom. The molecule has 0 radical (unpaired) electrons. The maximum Gasteiger partial charge on any atom is 0.226 e. The first kappa shape index (κ1) is 20.5. The van der Waals surface area contributed by atoms with Gasteiger partial charge in [-0.3, -0.25) is 9.59 Å². The molecule has 1 N–H and O–H groups in total. The molecule has 6 nitrogen and oxygen atoms in total. The van der Waals surface area contributed by atoms with E-state index in [-0.39, 0.29) is 24.3 Å². The van der Waals surface area contributed by atoms with E-state index in [1.807, 2.05) is 53.6 Å². The highest BCUT2D eigenvalue weighted by Gasteiger charge is 2.30. The van der Waals surface area contributed by atoms with Crippen molar-refractivity contribution < 1.29 is 9.59 Å². The Balaban J connectivity index is 1.30. The minimum absolute atomic E-state index is 0.00434. The van der Waals surface area contributed by atoms with Crippen LogP contribution in [0.1, 0.15) is 49.0 Å². The largest absolute Gasteiger partial charge is 0.335 e. The van der Waals surface area contributed by atoms with Crippen LogP contribution in [0.25, 0.3) is 11.4 Å². The van der Waals surface area contributed by atoms with Crippen molar-refractivity contribution in [1.82, 2.24) is 14.5 Å². The van der Waals surface area contributed by atoms with E-state index in [0.717, 1.165) is 42.0 Å². The number of carbonyl (C=O) groups excluding carboxylic acids is 2. The molecular formula is C26H28N4O2. The van der Waals surface area contributed by atoms with Gasteiger partial charge in [0.2, 0.25) is 11.8 Å². The van der Waals surface area contributed by atoms with E-state index in [1.54, 1.807) is 6.92 Å². The number of fused-ring (bicyclic) bond motifs is 2. The molecule has 2 aliphatic heterocycles. The van der Waals surface area contributed by atoms with Crippen molar-refractivity contribution in [2.24, 2.45) is 0 Å². The summed E-state index contributed by atoms with van der Waals surface area (Å²) in [6.45, 7) is 3.23. The monoisotopic (exact) mass is 428 g/mol. The van der Waals surface area contributed by atoms with Crippen LogP contribution in [0.3, 0.4) is 0 Å². The molecule has 3 aromatic rings. The Morgan fingerprint density at radius 3 is 2.66 bits per heavy atom. The van der Waals surface area contributed by atoms with Crippen LogP contribution >= 0.6 is 0 Å². The number of benzene rings is 2. The molecule has 6 heteroatoms. The van der Waals surface area contributed by atoms with Gasteiger partial charge in [0.1, 0.15) is 5.82 Å². The molecule has 0 fully saturated rings. The van der Waals surface area contributed by atoms with E-state index < -0.39 is 0 Å². The molecule has 1 unspecified atom stereocenters. The molecule has 0 saturated heterocycles. The minimum Gasteiger partial charge on any atom is -0.335 e. The van der Waals surface area contributed by atoms with Gasteiger partial charge in [0.15, 0.2) is 0 Å². The summed E-state index contributed by atoms with van der Waals surface area (Å²) in [6.07, 6.45) is 6.54. The molecule has 0 bridgehead atoms. The number of hydrogen-bond acceptors (Lipinski definition) is 3. The average molecular weight is 429 g/mol. The second kappa shape index (κ2) is 8.61. The van der Waals surface area contributed by atoms with Gasteiger partial charge in [-0.2, -0.15) is 0 Å². The van der Waals surface area contributed by atoms with Gasteiger partial charge in [-0.25, -0.2) is 4.98 Å². The summed E-state index contributed by atoms with van der Waals surface area (Å²) in [6, 6.07) is 15.7. The van der Waals surface area contributed by atoms with Crippen molar-refractivity contribution in [2.45, 2.75) is 51.6 Å². The Kier molecular flexibility index (Phi) is 5.52. The third-order valence-electron chi connectivity index (χ3n) is 6.63. The van der Waals surface area contributed by atoms with Gasteiger partial charge in [0, 0.05) is 43.2 Å². The summed E-state index contributed by atoms with van der Waals surface area (Å²) in [5.41, 5.74) is 5.40. The summed E-state index contributed by atoms with van der Waals surface area (Å²) >= 11 is 0. The Hall–Kier alpha value is -3.41. The average Bonchev–Trinajstić information content (AvgIpc) is 3.24. The zero-order valence-electron chi connectivity index (χ0n) is 18.4. The first-order chi connectivity index (χ1) is 15.6. The van der Waals surface area contributed by atoms with Gasteiger partial charge in [-0.05, 0) is 61.1 Å². The van der Waals surface area contributed by atoms with Crippen LogP contribution in [0.2, 0.25) is 0 Å². The van der Waals surface area contributed by atoms with E-state index in [9.17, 15) is 9.59 Å². The fraction of sp³-hybridized carbons (Fsp3) is 0.346. The predicted molar refractivity (Wildman–Crippen MR) is 124 cm³/mol. The highest BCUT2D eigenvalue weighted by atomic mass is 16.2. The third-order valence-corrected chi connectivity index (χ3v) is 6.63. The lowest BCUT2D eigenvalue weighted by Crippen LogP contribution is -2.40. The van der Waals surface area contributed by atoms with Gasteiger partial charge >= 0.3 is 0 Å². The molecular weight excluding hydrogens is 400 g/mol. The molecule has 164 valence electrons. The maximum absolute atomic E-state index is 12.9. The van der Waals surface area contributed by atoms with Gasteiger partial charge in [0.25, 0.3) is 0 Å². The summed E-state index contributed by atoms with van der Waals surface area (Å²) in [5.74, 6) is 0.905. The minimum atomic E-state index is -0.229. The second-order valence-electron chi connectivity index (χ2n) is 8.69. The van der Waals surface area contributed by atoms with E-state index in [2.05, 4.69) is 20.9 Å². The molecule has 2 aliphatic rings. The molecule has 1 atom stereocenters. The van der Waals surface area contributed by atoms with Gasteiger partial charge < -0.3 is 14.8 Å². The molecule has 3 heterocycles. The number of nitrogens with one attached hydrogen (secondary N) is 1. The topological polar surface area (TPSA) is 67.2 Å². The summed E-state index contributed by atoms with van der Waals surface area (Å²) in [4.78, 5) is 31.5. The fourth-order valence-electron chi connectivity index (χ4n) is 5.01. The first-order valence-corrected chi connectivity index (χ1v) is 11.4. The van der Waals surface area contributed by atoms with Crippen LogP contribution in [0.5, 0.6) is 0 Å². The lowest BCUT2D eigenvalue weighted by molar-refractivity contribution is -0.132. The first-order valence-electron chi connectivity index (χ1n) is 11.4. The fourth-order valence-corrected chi connectivity index (χ4v) is 5.01. The van der Waals surface area contributed by atoms with Crippen LogP contribution in [0.4, 0.5) is 5.69 Å². The molecule has 5 rings (SSSR count). The standard InChI is InChI=1S/C26H28N4O2/c1-18(31)29-15-13-19-6-2-3-8-23(19)24(29)16-25(32)28-21-11-9-20(10-12-21)26-27-17-22-7-4-5-14-30(22)26/h2-3,6,8-12,17,24H,4-5,7,13-16H2,1H3,(H,28,32). The lowest BCUT2D eigenvalue weighted by Gasteiger charge is -2.36. The molecule has 2 amide bonds.